The van der Waals surface area contributed by atoms with Gasteiger partial charge in [0.25, 0.3) is 0 Å². The van der Waals surface area contributed by atoms with E-state index in [-0.39, 0.29) is 0 Å². The quantitative estimate of drug-likeness (QED) is 0.735. The minimum atomic E-state index is 0.471. The lowest BCUT2D eigenvalue weighted by atomic mass is 10.1. The average molecular weight is 327 g/mol. The molecule has 1 saturated heterocycles. The van der Waals surface area contributed by atoms with Crippen LogP contribution in [0.15, 0.2) is 24.7 Å². The third-order valence-electron chi connectivity index (χ3n) is 3.95. The van der Waals surface area contributed by atoms with E-state index < -0.39 is 0 Å². The lowest BCUT2D eigenvalue weighted by Crippen LogP contribution is -2.32. The summed E-state index contributed by atoms with van der Waals surface area (Å²) in [6, 6.07) is 4.13. The number of ether oxygens (including phenoxy) is 2. The van der Waals surface area contributed by atoms with Crippen molar-refractivity contribution in [2.75, 3.05) is 19.8 Å². The molecule has 5 nitrogen and oxygen atoms in total. The Kier molecular flexibility index (Phi) is 3.71. The molecule has 4 rings (SSSR count). The first-order chi connectivity index (χ1) is 11.2. The van der Waals surface area contributed by atoms with Crippen molar-refractivity contribution in [2.45, 2.75) is 13.8 Å². The maximum Gasteiger partial charge on any atom is 0.146 e. The van der Waals surface area contributed by atoms with Gasteiger partial charge < -0.3 is 9.47 Å². The van der Waals surface area contributed by atoms with Crippen LogP contribution >= 0.6 is 11.3 Å². The predicted molar refractivity (Wildman–Crippen MR) is 89.9 cm³/mol. The summed E-state index contributed by atoms with van der Waals surface area (Å²) < 4.78 is 11.3. The second-order valence-electron chi connectivity index (χ2n) is 5.82. The average Bonchev–Trinajstić information content (AvgIpc) is 2.93. The predicted octanol–water partition coefficient (Wildman–Crippen LogP) is 3.40. The van der Waals surface area contributed by atoms with Crippen molar-refractivity contribution in [3.63, 3.8) is 0 Å². The summed E-state index contributed by atoms with van der Waals surface area (Å²) in [6.45, 7) is 6.25. The standard InChI is InChI=1S/C17H17N3O2S/c1-10-5-18-17(23-10)13-3-14-11(2)19-9-20-16(14)15(4-13)22-8-12-6-21-7-12/h3-5,9,12H,6-8H2,1-2H3. The molecule has 0 radical (unpaired) electrons. The fourth-order valence-electron chi connectivity index (χ4n) is 2.57. The molecule has 0 spiro atoms. The molecular formula is C17H17N3O2S. The van der Waals surface area contributed by atoms with E-state index in [0.717, 1.165) is 46.1 Å². The SMILES string of the molecule is Cc1cnc(-c2cc(OCC3COC3)c3ncnc(C)c3c2)s1. The summed E-state index contributed by atoms with van der Waals surface area (Å²) in [5.41, 5.74) is 2.85. The van der Waals surface area contributed by atoms with Gasteiger partial charge in [-0.1, -0.05) is 0 Å². The van der Waals surface area contributed by atoms with E-state index in [4.69, 9.17) is 9.47 Å². The van der Waals surface area contributed by atoms with Gasteiger partial charge >= 0.3 is 0 Å². The number of aromatic nitrogens is 3. The van der Waals surface area contributed by atoms with Gasteiger partial charge in [-0.2, -0.15) is 0 Å². The van der Waals surface area contributed by atoms with Crippen LogP contribution in [-0.2, 0) is 4.74 Å². The number of rotatable bonds is 4. The first kappa shape index (κ1) is 14.5. The summed E-state index contributed by atoms with van der Waals surface area (Å²) in [4.78, 5) is 14.4. The lowest BCUT2D eigenvalue weighted by molar-refractivity contribution is -0.0506. The molecular weight excluding hydrogens is 310 g/mol. The second-order valence-corrected chi connectivity index (χ2v) is 7.05. The number of hydrogen-bond donors (Lipinski definition) is 0. The molecule has 118 valence electrons. The largest absolute Gasteiger partial charge is 0.491 e. The van der Waals surface area contributed by atoms with E-state index in [1.165, 1.54) is 4.88 Å². The van der Waals surface area contributed by atoms with Crippen LogP contribution in [0.4, 0.5) is 0 Å². The molecule has 3 aromatic rings. The van der Waals surface area contributed by atoms with Crippen LogP contribution in [-0.4, -0.2) is 34.8 Å². The molecule has 0 amide bonds. The number of thiazole rings is 1. The zero-order valence-corrected chi connectivity index (χ0v) is 13.9. The highest BCUT2D eigenvalue weighted by Crippen LogP contribution is 2.34. The molecule has 2 aromatic heterocycles. The van der Waals surface area contributed by atoms with Gasteiger partial charge in [0, 0.05) is 33.6 Å². The Morgan fingerprint density at radius 1 is 1.22 bits per heavy atom. The molecule has 0 aliphatic carbocycles. The Balaban J connectivity index is 1.79. The summed E-state index contributed by atoms with van der Waals surface area (Å²) in [5, 5.41) is 2.00. The van der Waals surface area contributed by atoms with E-state index in [0.29, 0.717) is 12.5 Å². The lowest BCUT2D eigenvalue weighted by Gasteiger charge is -2.26. The number of nitrogens with zero attached hydrogens (tertiary/aromatic N) is 3. The zero-order chi connectivity index (χ0) is 15.8. The molecule has 0 saturated carbocycles. The first-order valence-electron chi connectivity index (χ1n) is 7.59. The van der Waals surface area contributed by atoms with Crippen LogP contribution in [0.2, 0.25) is 0 Å². The maximum atomic E-state index is 6.05. The molecule has 3 heterocycles. The molecule has 23 heavy (non-hydrogen) atoms. The van der Waals surface area contributed by atoms with Crippen molar-refractivity contribution in [3.8, 4) is 16.3 Å². The van der Waals surface area contributed by atoms with Crippen LogP contribution in [0.3, 0.4) is 0 Å². The third kappa shape index (κ3) is 2.80. The van der Waals surface area contributed by atoms with Crippen molar-refractivity contribution < 1.29 is 9.47 Å². The van der Waals surface area contributed by atoms with Crippen LogP contribution in [0.5, 0.6) is 5.75 Å². The minimum absolute atomic E-state index is 0.471. The van der Waals surface area contributed by atoms with Crippen LogP contribution < -0.4 is 4.74 Å². The van der Waals surface area contributed by atoms with Crippen molar-refractivity contribution in [1.29, 1.82) is 0 Å². The van der Waals surface area contributed by atoms with Gasteiger partial charge in [0.15, 0.2) is 0 Å². The van der Waals surface area contributed by atoms with Gasteiger partial charge in [-0.25, -0.2) is 15.0 Å². The minimum Gasteiger partial charge on any atom is -0.491 e. The summed E-state index contributed by atoms with van der Waals surface area (Å²) >= 11 is 1.68. The highest BCUT2D eigenvalue weighted by atomic mass is 32.1. The number of benzene rings is 1. The van der Waals surface area contributed by atoms with E-state index in [1.54, 1.807) is 17.7 Å². The number of hydrogen-bond acceptors (Lipinski definition) is 6. The molecule has 1 aromatic carbocycles. The molecule has 0 bridgehead atoms. The van der Waals surface area contributed by atoms with Crippen molar-refractivity contribution in [2.24, 2.45) is 5.92 Å². The van der Waals surface area contributed by atoms with Gasteiger partial charge in [0.05, 0.1) is 19.8 Å². The highest BCUT2D eigenvalue weighted by Gasteiger charge is 2.20. The fourth-order valence-corrected chi connectivity index (χ4v) is 3.32. The van der Waals surface area contributed by atoms with Crippen LogP contribution in [0, 0.1) is 19.8 Å². The number of fused-ring (bicyclic) bond motifs is 1. The van der Waals surface area contributed by atoms with Crippen LogP contribution in [0.1, 0.15) is 10.6 Å². The van der Waals surface area contributed by atoms with E-state index in [2.05, 4.69) is 27.9 Å². The highest BCUT2D eigenvalue weighted by molar-refractivity contribution is 7.14. The molecule has 0 unspecified atom stereocenters. The fraction of sp³-hybridized carbons (Fsp3) is 0.353. The monoisotopic (exact) mass is 327 g/mol. The molecule has 0 N–H and O–H groups in total. The summed E-state index contributed by atoms with van der Waals surface area (Å²) in [7, 11) is 0. The van der Waals surface area contributed by atoms with E-state index in [1.807, 2.05) is 19.2 Å². The third-order valence-corrected chi connectivity index (χ3v) is 4.91. The molecule has 1 aliphatic rings. The summed E-state index contributed by atoms with van der Waals surface area (Å²) in [6.07, 6.45) is 3.48. The Bertz CT molecular complexity index is 858. The van der Waals surface area contributed by atoms with Gasteiger partial charge in [0.2, 0.25) is 0 Å². The van der Waals surface area contributed by atoms with Crippen molar-refractivity contribution >= 4 is 22.2 Å². The maximum absolute atomic E-state index is 6.05. The van der Waals surface area contributed by atoms with Crippen LogP contribution in [0.25, 0.3) is 21.5 Å². The van der Waals surface area contributed by atoms with E-state index in [9.17, 15) is 0 Å². The normalized spacial score (nSPS) is 14.9. The molecule has 0 atom stereocenters. The first-order valence-corrected chi connectivity index (χ1v) is 8.41. The van der Waals surface area contributed by atoms with Gasteiger partial charge in [0.1, 0.15) is 22.6 Å². The van der Waals surface area contributed by atoms with E-state index >= 15 is 0 Å². The Hall–Kier alpha value is -2.05. The van der Waals surface area contributed by atoms with Gasteiger partial charge in [-0.05, 0) is 26.0 Å². The topological polar surface area (TPSA) is 57.1 Å². The Morgan fingerprint density at radius 3 is 2.78 bits per heavy atom. The van der Waals surface area contributed by atoms with Crippen molar-refractivity contribution in [3.05, 3.63) is 35.2 Å². The Labute approximate surface area is 138 Å². The van der Waals surface area contributed by atoms with Crippen molar-refractivity contribution in [1.82, 2.24) is 15.0 Å². The summed E-state index contributed by atoms with van der Waals surface area (Å²) in [5.74, 6) is 1.27. The smallest absolute Gasteiger partial charge is 0.146 e. The molecule has 1 fully saturated rings. The number of aryl methyl sites for hydroxylation is 2. The zero-order valence-electron chi connectivity index (χ0n) is 13.1. The van der Waals surface area contributed by atoms with Gasteiger partial charge in [-0.3, -0.25) is 0 Å². The van der Waals surface area contributed by atoms with Gasteiger partial charge in [-0.15, -0.1) is 11.3 Å². The molecule has 6 heteroatoms. The second kappa shape index (κ2) is 5.86. The Morgan fingerprint density at radius 2 is 2.09 bits per heavy atom. The molecule has 1 aliphatic heterocycles.